The number of hydrogen-bond acceptors (Lipinski definition) is 4. The first kappa shape index (κ1) is 18.6. The maximum absolute atomic E-state index is 11.7. The van der Waals surface area contributed by atoms with Gasteiger partial charge in [-0.2, -0.15) is 0 Å². The summed E-state index contributed by atoms with van der Waals surface area (Å²) in [6.45, 7) is 0.315. The van der Waals surface area contributed by atoms with Crippen LogP contribution in [0.5, 0.6) is 5.75 Å². The van der Waals surface area contributed by atoms with E-state index in [1.54, 1.807) is 24.3 Å². The number of nitrogens with one attached hydrogen (secondary N) is 2. The summed E-state index contributed by atoms with van der Waals surface area (Å²) in [5.74, 6) is -0.142. The first-order valence-electron chi connectivity index (χ1n) is 6.84. The van der Waals surface area contributed by atoms with Crippen LogP contribution in [0, 0.1) is 0 Å². The molecule has 0 aliphatic rings. The molecule has 0 bridgehead atoms. The molecule has 2 rings (SSSR count). The summed E-state index contributed by atoms with van der Waals surface area (Å²) in [5.41, 5.74) is 0. The summed E-state index contributed by atoms with van der Waals surface area (Å²) in [6.07, 6.45) is 0. The van der Waals surface area contributed by atoms with Gasteiger partial charge in [-0.1, -0.05) is 23.2 Å². The van der Waals surface area contributed by atoms with Gasteiger partial charge in [0.15, 0.2) is 17.0 Å². The summed E-state index contributed by atoms with van der Waals surface area (Å²) in [5, 5.41) is 6.03. The van der Waals surface area contributed by atoms with Gasteiger partial charge in [-0.15, -0.1) is 0 Å². The molecule has 0 aliphatic carbocycles. The van der Waals surface area contributed by atoms with Gasteiger partial charge in [0.05, 0.1) is 5.02 Å². The Hall–Kier alpha value is -1.70. The molecule has 24 heavy (non-hydrogen) atoms. The maximum atomic E-state index is 11.7. The maximum Gasteiger partial charge on any atom is 0.287 e. The number of rotatable bonds is 7. The number of ether oxygens (including phenoxy) is 1. The van der Waals surface area contributed by atoms with Crippen LogP contribution < -0.4 is 15.4 Å². The normalized spacial score (nSPS) is 10.3. The van der Waals surface area contributed by atoms with Crippen LogP contribution >= 0.6 is 39.1 Å². The second-order valence-electron chi connectivity index (χ2n) is 4.57. The lowest BCUT2D eigenvalue weighted by molar-refractivity contribution is -0.123. The van der Waals surface area contributed by atoms with Crippen LogP contribution in [0.4, 0.5) is 0 Å². The van der Waals surface area contributed by atoms with Crippen molar-refractivity contribution in [2.45, 2.75) is 0 Å². The molecule has 0 atom stereocenters. The second-order valence-corrected chi connectivity index (χ2v) is 6.20. The highest BCUT2D eigenvalue weighted by Gasteiger charge is 2.10. The summed E-state index contributed by atoms with van der Waals surface area (Å²) in [7, 11) is 0. The van der Waals surface area contributed by atoms with Gasteiger partial charge >= 0.3 is 0 Å². The third-order valence-electron chi connectivity index (χ3n) is 2.78. The van der Waals surface area contributed by atoms with E-state index in [1.807, 2.05) is 0 Å². The molecule has 0 aliphatic heterocycles. The molecule has 2 aromatic rings. The highest BCUT2D eigenvalue weighted by atomic mass is 79.9. The first-order chi connectivity index (χ1) is 11.5. The third kappa shape index (κ3) is 5.74. The number of halogens is 3. The van der Waals surface area contributed by atoms with E-state index in [1.165, 1.54) is 6.07 Å². The van der Waals surface area contributed by atoms with Gasteiger partial charge in [-0.05, 0) is 46.3 Å². The minimum Gasteiger partial charge on any atom is -0.482 e. The van der Waals surface area contributed by atoms with E-state index in [0.29, 0.717) is 20.5 Å². The molecule has 0 saturated heterocycles. The van der Waals surface area contributed by atoms with E-state index < -0.39 is 0 Å². The fraction of sp³-hybridized carbons (Fsp3) is 0.200. The van der Waals surface area contributed by atoms with E-state index in [2.05, 4.69) is 26.6 Å². The number of benzene rings is 1. The molecule has 128 valence electrons. The molecular formula is C15H13BrCl2N2O4. The predicted molar refractivity (Wildman–Crippen MR) is 93.7 cm³/mol. The van der Waals surface area contributed by atoms with E-state index in [4.69, 9.17) is 32.4 Å². The van der Waals surface area contributed by atoms with E-state index in [9.17, 15) is 9.59 Å². The van der Waals surface area contributed by atoms with Gasteiger partial charge in [0.25, 0.3) is 11.8 Å². The molecule has 0 saturated carbocycles. The Morgan fingerprint density at radius 1 is 1.12 bits per heavy atom. The molecule has 0 unspecified atom stereocenters. The van der Waals surface area contributed by atoms with E-state index in [-0.39, 0.29) is 37.3 Å². The van der Waals surface area contributed by atoms with Crippen molar-refractivity contribution < 1.29 is 18.7 Å². The second kappa shape index (κ2) is 8.96. The van der Waals surface area contributed by atoms with Crippen molar-refractivity contribution in [3.8, 4) is 5.75 Å². The number of furan rings is 1. The minimum absolute atomic E-state index is 0.189. The standard InChI is InChI=1S/C15H13BrCl2N2O4/c16-13-4-3-12(24-13)15(22)20-6-5-19-14(21)8-23-11-2-1-9(17)7-10(11)18/h1-4,7H,5-6,8H2,(H,19,21)(H,20,22). The van der Waals surface area contributed by atoms with Crippen molar-refractivity contribution in [3.05, 3.63) is 50.8 Å². The molecule has 1 aromatic carbocycles. The van der Waals surface area contributed by atoms with Crippen LogP contribution in [-0.4, -0.2) is 31.5 Å². The van der Waals surface area contributed by atoms with E-state index >= 15 is 0 Å². The van der Waals surface area contributed by atoms with Crippen LogP contribution in [0.1, 0.15) is 10.6 Å². The van der Waals surface area contributed by atoms with Gasteiger partial charge in [0, 0.05) is 18.1 Å². The van der Waals surface area contributed by atoms with Crippen molar-refractivity contribution in [1.82, 2.24) is 10.6 Å². The summed E-state index contributed by atoms with van der Waals surface area (Å²) >= 11 is 14.8. The van der Waals surface area contributed by atoms with Gasteiger partial charge in [0.2, 0.25) is 0 Å². The molecular weight excluding hydrogens is 423 g/mol. The fourth-order valence-electron chi connectivity index (χ4n) is 1.69. The number of carbonyl (C=O) groups excluding carboxylic acids is 2. The average Bonchev–Trinajstić information content (AvgIpc) is 2.97. The average molecular weight is 436 g/mol. The topological polar surface area (TPSA) is 80.6 Å². The van der Waals surface area contributed by atoms with Gasteiger partial charge in [-0.25, -0.2) is 0 Å². The van der Waals surface area contributed by atoms with Crippen molar-refractivity contribution >= 4 is 50.9 Å². The molecule has 0 fully saturated rings. The zero-order chi connectivity index (χ0) is 17.5. The Kier molecular flexibility index (Phi) is 6.96. The smallest absolute Gasteiger partial charge is 0.287 e. The molecule has 2 amide bonds. The highest BCUT2D eigenvalue weighted by Crippen LogP contribution is 2.27. The lowest BCUT2D eigenvalue weighted by Crippen LogP contribution is -2.36. The Bertz CT molecular complexity index is 736. The number of amides is 2. The molecule has 1 aromatic heterocycles. The summed E-state index contributed by atoms with van der Waals surface area (Å²) in [6, 6.07) is 7.89. The predicted octanol–water partition coefficient (Wildman–Crippen LogP) is 3.27. The third-order valence-corrected chi connectivity index (χ3v) is 3.74. The van der Waals surface area contributed by atoms with Crippen molar-refractivity contribution in [2.24, 2.45) is 0 Å². The number of hydrogen-bond donors (Lipinski definition) is 2. The zero-order valence-electron chi connectivity index (χ0n) is 12.3. The minimum atomic E-state index is -0.362. The van der Waals surface area contributed by atoms with Gasteiger partial charge in [-0.3, -0.25) is 9.59 Å². The van der Waals surface area contributed by atoms with Gasteiger partial charge in [0.1, 0.15) is 5.75 Å². The highest BCUT2D eigenvalue weighted by molar-refractivity contribution is 9.10. The fourth-order valence-corrected chi connectivity index (χ4v) is 2.46. The SMILES string of the molecule is O=C(COc1ccc(Cl)cc1Cl)NCCNC(=O)c1ccc(Br)o1. The Labute approximate surface area is 156 Å². The van der Waals surface area contributed by atoms with Crippen LogP contribution in [0.2, 0.25) is 10.0 Å². The molecule has 0 spiro atoms. The zero-order valence-corrected chi connectivity index (χ0v) is 15.4. The van der Waals surface area contributed by atoms with Crippen LogP contribution in [0.25, 0.3) is 0 Å². The lowest BCUT2D eigenvalue weighted by Gasteiger charge is -2.09. The monoisotopic (exact) mass is 434 g/mol. The summed E-state index contributed by atoms with van der Waals surface area (Å²) in [4.78, 5) is 23.4. The van der Waals surface area contributed by atoms with Crippen molar-refractivity contribution in [1.29, 1.82) is 0 Å². The molecule has 9 heteroatoms. The summed E-state index contributed by atoms with van der Waals surface area (Å²) < 4.78 is 10.9. The van der Waals surface area contributed by atoms with Crippen LogP contribution in [-0.2, 0) is 4.79 Å². The molecule has 0 radical (unpaired) electrons. The van der Waals surface area contributed by atoms with Crippen molar-refractivity contribution in [2.75, 3.05) is 19.7 Å². The Morgan fingerprint density at radius 2 is 1.88 bits per heavy atom. The first-order valence-corrected chi connectivity index (χ1v) is 8.38. The Balaban J connectivity index is 1.65. The largest absolute Gasteiger partial charge is 0.482 e. The van der Waals surface area contributed by atoms with Crippen molar-refractivity contribution in [3.63, 3.8) is 0 Å². The molecule has 6 nitrogen and oxygen atoms in total. The lowest BCUT2D eigenvalue weighted by atomic mass is 10.3. The molecule has 2 N–H and O–H groups in total. The molecule has 1 heterocycles. The quantitative estimate of drug-likeness (QED) is 0.654. The van der Waals surface area contributed by atoms with Gasteiger partial charge < -0.3 is 19.8 Å². The number of carbonyl (C=O) groups is 2. The Morgan fingerprint density at radius 3 is 2.54 bits per heavy atom. The van der Waals surface area contributed by atoms with Crippen LogP contribution in [0.15, 0.2) is 39.4 Å². The van der Waals surface area contributed by atoms with E-state index in [0.717, 1.165) is 0 Å². The van der Waals surface area contributed by atoms with Crippen LogP contribution in [0.3, 0.4) is 0 Å².